The molecule has 6 nitrogen and oxygen atoms in total. The van der Waals surface area contributed by atoms with Gasteiger partial charge in [0, 0.05) is 36.2 Å². The quantitative estimate of drug-likeness (QED) is 0.550. The molecule has 0 bridgehead atoms. The molecule has 3 aromatic rings. The number of carbonyl (C=O) groups is 2. The Morgan fingerprint density at radius 1 is 1.15 bits per heavy atom. The summed E-state index contributed by atoms with van der Waals surface area (Å²) in [7, 11) is 0. The van der Waals surface area contributed by atoms with Gasteiger partial charge in [0.25, 0.3) is 5.56 Å². The molecule has 1 saturated heterocycles. The lowest BCUT2D eigenvalue weighted by Gasteiger charge is -2.33. The number of pyridine rings is 1. The first-order chi connectivity index (χ1) is 16.4. The molecule has 6 heteroatoms. The highest BCUT2D eigenvalue weighted by molar-refractivity contribution is 5.96. The van der Waals surface area contributed by atoms with E-state index in [9.17, 15) is 14.4 Å². The van der Waals surface area contributed by atoms with Gasteiger partial charge in [-0.2, -0.15) is 0 Å². The van der Waals surface area contributed by atoms with E-state index >= 15 is 0 Å². The van der Waals surface area contributed by atoms with Crippen molar-refractivity contribution in [1.82, 2.24) is 9.88 Å². The van der Waals surface area contributed by atoms with Gasteiger partial charge in [-0.25, -0.2) is 0 Å². The molecule has 4 rings (SSSR count). The monoisotopic (exact) mass is 460 g/mol. The van der Waals surface area contributed by atoms with Crippen molar-refractivity contribution < 1.29 is 14.3 Å². The van der Waals surface area contributed by atoms with E-state index in [1.54, 1.807) is 18.0 Å². The van der Waals surface area contributed by atoms with Crippen molar-refractivity contribution in [3.8, 4) is 11.1 Å². The number of aromatic amines is 1. The second-order valence-electron chi connectivity index (χ2n) is 9.21. The molecule has 0 radical (unpaired) electrons. The second-order valence-corrected chi connectivity index (χ2v) is 9.21. The molecule has 1 aliphatic rings. The normalized spacial score (nSPS) is 16.9. The summed E-state index contributed by atoms with van der Waals surface area (Å²) in [6.45, 7) is 7.20. The zero-order valence-electron chi connectivity index (χ0n) is 20.1. The lowest BCUT2D eigenvalue weighted by molar-refractivity contribution is -0.151. The highest BCUT2D eigenvalue weighted by atomic mass is 16.5. The fraction of sp³-hybridized carbons (Fsp3) is 0.393. The molecule has 2 atom stereocenters. The highest BCUT2D eigenvalue weighted by Gasteiger charge is 2.31. The van der Waals surface area contributed by atoms with Crippen molar-refractivity contribution in [3.05, 3.63) is 70.1 Å². The van der Waals surface area contributed by atoms with Crippen LogP contribution >= 0.6 is 0 Å². The van der Waals surface area contributed by atoms with Gasteiger partial charge in [0.1, 0.15) is 0 Å². The number of benzene rings is 2. The molecule has 1 unspecified atom stereocenters. The van der Waals surface area contributed by atoms with Crippen LogP contribution in [-0.2, 0) is 20.7 Å². The molecule has 2 aromatic carbocycles. The number of fused-ring (bicyclic) bond motifs is 1. The lowest BCUT2D eigenvalue weighted by Crippen LogP contribution is -2.45. The summed E-state index contributed by atoms with van der Waals surface area (Å²) in [5, 5.41) is 1.52. The molecule has 178 valence electrons. The van der Waals surface area contributed by atoms with E-state index in [2.05, 4.69) is 24.0 Å². The number of hydrogen-bond acceptors (Lipinski definition) is 4. The molecule has 1 fully saturated rings. The van der Waals surface area contributed by atoms with E-state index in [0.29, 0.717) is 31.5 Å². The Morgan fingerprint density at radius 2 is 1.94 bits per heavy atom. The predicted molar refractivity (Wildman–Crippen MR) is 134 cm³/mol. The van der Waals surface area contributed by atoms with Crippen molar-refractivity contribution in [1.29, 1.82) is 0 Å². The number of amides is 1. The van der Waals surface area contributed by atoms with Crippen molar-refractivity contribution in [3.63, 3.8) is 0 Å². The summed E-state index contributed by atoms with van der Waals surface area (Å²) in [6, 6.07) is 14.0. The fourth-order valence-electron chi connectivity index (χ4n) is 4.91. The Kier molecular flexibility index (Phi) is 7.15. The minimum absolute atomic E-state index is 0.0386. The van der Waals surface area contributed by atoms with Gasteiger partial charge in [-0.1, -0.05) is 43.3 Å². The molecular weight excluding hydrogens is 428 g/mol. The van der Waals surface area contributed by atoms with Crippen LogP contribution in [0.3, 0.4) is 0 Å². The minimum atomic E-state index is -0.253. The molecule has 1 amide bonds. The molecule has 0 aliphatic carbocycles. The van der Waals surface area contributed by atoms with Crippen molar-refractivity contribution in [2.45, 2.75) is 40.0 Å². The van der Waals surface area contributed by atoms with E-state index in [1.807, 2.05) is 37.3 Å². The average Bonchev–Trinajstić information content (AvgIpc) is 2.85. The van der Waals surface area contributed by atoms with Crippen LogP contribution in [0, 0.1) is 18.8 Å². The Bertz CT molecular complexity index is 1260. The number of carbonyl (C=O) groups excluding carboxylic acids is 2. The summed E-state index contributed by atoms with van der Waals surface area (Å²) in [5.41, 5.74) is 4.02. The first-order valence-electron chi connectivity index (χ1n) is 12.0. The van der Waals surface area contributed by atoms with Gasteiger partial charge in [0.2, 0.25) is 5.91 Å². The lowest BCUT2D eigenvalue weighted by atomic mass is 9.93. The van der Waals surface area contributed by atoms with E-state index in [1.165, 1.54) is 0 Å². The maximum Gasteiger partial charge on any atom is 0.310 e. The van der Waals surface area contributed by atoms with Gasteiger partial charge < -0.3 is 14.6 Å². The molecule has 2 heterocycles. The summed E-state index contributed by atoms with van der Waals surface area (Å²) in [6.07, 6.45) is 3.86. The first kappa shape index (κ1) is 23.7. The third kappa shape index (κ3) is 4.91. The first-order valence-corrected chi connectivity index (χ1v) is 12.0. The number of aryl methyl sites for hydroxylation is 1. The maximum absolute atomic E-state index is 13.1. The Labute approximate surface area is 199 Å². The van der Waals surface area contributed by atoms with Gasteiger partial charge in [0.15, 0.2) is 0 Å². The number of nitrogens with one attached hydrogen (secondary N) is 1. The maximum atomic E-state index is 13.1. The summed E-state index contributed by atoms with van der Waals surface area (Å²) < 4.78 is 5.16. The SMILES string of the molecule is CCOC(=O)[C@H]1CCCN(C(=O)C(C)Cc2ccc3c(-c4ccccc4C)c[nH]c(=O)c3c2)C1. The number of aromatic nitrogens is 1. The highest BCUT2D eigenvalue weighted by Crippen LogP contribution is 2.30. The zero-order valence-corrected chi connectivity index (χ0v) is 20.1. The summed E-state index contributed by atoms with van der Waals surface area (Å²) >= 11 is 0. The van der Waals surface area contributed by atoms with Crippen LogP contribution in [0.2, 0.25) is 0 Å². The number of rotatable bonds is 6. The Balaban J connectivity index is 1.54. The average molecular weight is 461 g/mol. The van der Waals surface area contributed by atoms with Crippen LogP contribution in [0.15, 0.2) is 53.5 Å². The van der Waals surface area contributed by atoms with E-state index in [4.69, 9.17) is 4.74 Å². The van der Waals surface area contributed by atoms with Crippen LogP contribution in [0.25, 0.3) is 21.9 Å². The molecule has 1 N–H and O–H groups in total. The minimum Gasteiger partial charge on any atom is -0.466 e. The van der Waals surface area contributed by atoms with Crippen LogP contribution in [0.5, 0.6) is 0 Å². The smallest absolute Gasteiger partial charge is 0.310 e. The third-order valence-corrected chi connectivity index (χ3v) is 6.72. The molecule has 1 aromatic heterocycles. The molecule has 0 spiro atoms. The van der Waals surface area contributed by atoms with Crippen LogP contribution in [0.1, 0.15) is 37.8 Å². The predicted octanol–water partition coefficient (Wildman–Crippen LogP) is 4.48. The summed E-state index contributed by atoms with van der Waals surface area (Å²) in [5.74, 6) is -0.677. The summed E-state index contributed by atoms with van der Waals surface area (Å²) in [4.78, 5) is 42.6. The topological polar surface area (TPSA) is 79.5 Å². The number of ether oxygens (including phenoxy) is 1. The Morgan fingerprint density at radius 3 is 2.71 bits per heavy atom. The van der Waals surface area contributed by atoms with Crippen LogP contribution < -0.4 is 5.56 Å². The standard InChI is InChI=1S/C28H32N2O4/c1-4-34-28(33)21-9-7-13-30(17-21)27(32)19(3)14-20-11-12-23-24(15-20)26(31)29-16-25(23)22-10-6-5-8-18(22)2/h5-6,8,10-12,15-16,19,21H,4,7,9,13-14,17H2,1-3H3,(H,29,31)/t19?,21-/m0/s1. The van der Waals surface area contributed by atoms with Gasteiger partial charge in [0.05, 0.1) is 12.5 Å². The Hall–Kier alpha value is -3.41. The molecular formula is C28H32N2O4. The van der Waals surface area contributed by atoms with E-state index in [-0.39, 0.29) is 29.3 Å². The molecule has 0 saturated carbocycles. The van der Waals surface area contributed by atoms with Crippen LogP contribution in [-0.4, -0.2) is 41.5 Å². The third-order valence-electron chi connectivity index (χ3n) is 6.72. The van der Waals surface area contributed by atoms with Gasteiger partial charge in [-0.05, 0) is 61.3 Å². The molecule has 1 aliphatic heterocycles. The molecule has 34 heavy (non-hydrogen) atoms. The zero-order chi connectivity index (χ0) is 24.2. The fourth-order valence-corrected chi connectivity index (χ4v) is 4.91. The number of piperidine rings is 1. The van der Waals surface area contributed by atoms with E-state index < -0.39 is 0 Å². The van der Waals surface area contributed by atoms with Gasteiger partial charge in [-0.3, -0.25) is 14.4 Å². The number of likely N-dealkylation sites (tertiary alicyclic amines) is 1. The van der Waals surface area contributed by atoms with Gasteiger partial charge in [-0.15, -0.1) is 0 Å². The number of nitrogens with zero attached hydrogens (tertiary/aromatic N) is 1. The van der Waals surface area contributed by atoms with Gasteiger partial charge >= 0.3 is 5.97 Å². The van der Waals surface area contributed by atoms with Crippen molar-refractivity contribution in [2.75, 3.05) is 19.7 Å². The van der Waals surface area contributed by atoms with Crippen molar-refractivity contribution in [2.24, 2.45) is 11.8 Å². The van der Waals surface area contributed by atoms with Crippen molar-refractivity contribution >= 4 is 22.6 Å². The van der Waals surface area contributed by atoms with Crippen LogP contribution in [0.4, 0.5) is 0 Å². The second kappa shape index (κ2) is 10.2. The number of esters is 1. The van der Waals surface area contributed by atoms with E-state index in [0.717, 1.165) is 40.5 Å². The number of H-pyrrole nitrogens is 1. The largest absolute Gasteiger partial charge is 0.466 e. The number of hydrogen-bond donors (Lipinski definition) is 1.